The predicted molar refractivity (Wildman–Crippen MR) is 86.5 cm³/mol. The Hall–Kier alpha value is -0.460. The van der Waals surface area contributed by atoms with Gasteiger partial charge in [0, 0.05) is 14.5 Å². The first-order chi connectivity index (χ1) is 8.88. The first kappa shape index (κ1) is 14.9. The van der Waals surface area contributed by atoms with Gasteiger partial charge in [0.25, 0.3) is 0 Å². The van der Waals surface area contributed by atoms with E-state index in [9.17, 15) is 9.50 Å². The van der Waals surface area contributed by atoms with Crippen LogP contribution in [0, 0.1) is 9.39 Å². The Bertz CT molecular complexity index is 581. The standard InChI is InChI=1S/C15H13BrFIO/c1-15(19,11-2-5-13(18)6-3-11)9-10-8-12(16)4-7-14(10)17/h2-8,19H,9H2,1H3. The van der Waals surface area contributed by atoms with Gasteiger partial charge in [-0.15, -0.1) is 0 Å². The van der Waals surface area contributed by atoms with Crippen LogP contribution in [0.2, 0.25) is 0 Å². The third kappa shape index (κ3) is 3.77. The van der Waals surface area contributed by atoms with E-state index in [0.717, 1.165) is 13.6 Å². The highest BCUT2D eigenvalue weighted by Gasteiger charge is 2.25. The summed E-state index contributed by atoms with van der Waals surface area (Å²) >= 11 is 5.53. The SMILES string of the molecule is CC(O)(Cc1cc(Br)ccc1F)c1ccc(I)cc1. The van der Waals surface area contributed by atoms with Crippen molar-refractivity contribution in [3.8, 4) is 0 Å². The molecule has 0 aromatic heterocycles. The second kappa shape index (κ2) is 5.89. The lowest BCUT2D eigenvalue weighted by molar-refractivity contribution is 0.0567. The number of hydrogen-bond acceptors (Lipinski definition) is 1. The largest absolute Gasteiger partial charge is 0.385 e. The quantitative estimate of drug-likeness (QED) is 0.697. The summed E-state index contributed by atoms with van der Waals surface area (Å²) in [5.41, 5.74) is 0.191. The zero-order valence-corrected chi connectivity index (χ0v) is 14.1. The van der Waals surface area contributed by atoms with Gasteiger partial charge in [-0.05, 0) is 71.0 Å². The molecule has 19 heavy (non-hydrogen) atoms. The van der Waals surface area contributed by atoms with Crippen LogP contribution in [0.4, 0.5) is 4.39 Å². The molecule has 0 fully saturated rings. The van der Waals surface area contributed by atoms with E-state index in [1.165, 1.54) is 6.07 Å². The minimum Gasteiger partial charge on any atom is -0.385 e. The molecule has 4 heteroatoms. The average molecular weight is 435 g/mol. The monoisotopic (exact) mass is 434 g/mol. The highest BCUT2D eigenvalue weighted by atomic mass is 127. The summed E-state index contributed by atoms with van der Waals surface area (Å²) in [6.45, 7) is 1.70. The summed E-state index contributed by atoms with van der Waals surface area (Å²) in [6, 6.07) is 12.4. The van der Waals surface area contributed by atoms with E-state index in [0.29, 0.717) is 5.56 Å². The lowest BCUT2D eigenvalue weighted by Gasteiger charge is -2.24. The van der Waals surface area contributed by atoms with Crippen molar-refractivity contribution < 1.29 is 9.50 Å². The van der Waals surface area contributed by atoms with E-state index >= 15 is 0 Å². The van der Waals surface area contributed by atoms with Crippen LogP contribution in [0.25, 0.3) is 0 Å². The molecule has 1 unspecified atom stereocenters. The maximum atomic E-state index is 13.7. The summed E-state index contributed by atoms with van der Waals surface area (Å²) in [5.74, 6) is -0.297. The van der Waals surface area contributed by atoms with Gasteiger partial charge < -0.3 is 5.11 Å². The molecular weight excluding hydrogens is 422 g/mol. The average Bonchev–Trinajstić information content (AvgIpc) is 2.34. The molecule has 0 aliphatic heterocycles. The van der Waals surface area contributed by atoms with Crippen molar-refractivity contribution in [1.82, 2.24) is 0 Å². The number of aliphatic hydroxyl groups is 1. The number of hydrogen-bond donors (Lipinski definition) is 1. The molecule has 1 nitrogen and oxygen atoms in total. The molecule has 0 spiro atoms. The molecule has 0 saturated heterocycles. The van der Waals surface area contributed by atoms with E-state index in [1.54, 1.807) is 19.1 Å². The Morgan fingerprint density at radius 1 is 1.21 bits per heavy atom. The van der Waals surface area contributed by atoms with Gasteiger partial charge in [0.2, 0.25) is 0 Å². The van der Waals surface area contributed by atoms with Crippen LogP contribution in [-0.4, -0.2) is 5.11 Å². The Kier molecular flexibility index (Phi) is 4.63. The minimum absolute atomic E-state index is 0.235. The van der Waals surface area contributed by atoms with Gasteiger partial charge >= 0.3 is 0 Å². The maximum absolute atomic E-state index is 13.7. The zero-order chi connectivity index (χ0) is 14.0. The lowest BCUT2D eigenvalue weighted by atomic mass is 9.89. The van der Waals surface area contributed by atoms with Crippen molar-refractivity contribution in [2.75, 3.05) is 0 Å². The Labute approximate surface area is 134 Å². The predicted octanol–water partition coefficient (Wildman–Crippen LogP) is 4.64. The van der Waals surface area contributed by atoms with Crippen LogP contribution in [0.1, 0.15) is 18.1 Å². The maximum Gasteiger partial charge on any atom is 0.126 e. The normalized spacial score (nSPS) is 14.2. The number of rotatable bonds is 3. The first-order valence-electron chi connectivity index (χ1n) is 5.81. The Balaban J connectivity index is 2.30. The molecule has 0 aliphatic carbocycles. The topological polar surface area (TPSA) is 20.2 Å². The molecular formula is C15H13BrFIO. The van der Waals surface area contributed by atoms with Crippen LogP contribution >= 0.6 is 38.5 Å². The fraction of sp³-hybridized carbons (Fsp3) is 0.200. The van der Waals surface area contributed by atoms with Crippen molar-refractivity contribution in [1.29, 1.82) is 0 Å². The van der Waals surface area contributed by atoms with E-state index in [1.807, 2.05) is 24.3 Å². The molecule has 0 saturated carbocycles. The van der Waals surface area contributed by atoms with Crippen LogP contribution in [-0.2, 0) is 12.0 Å². The molecule has 0 bridgehead atoms. The van der Waals surface area contributed by atoms with Gasteiger partial charge in [-0.2, -0.15) is 0 Å². The van der Waals surface area contributed by atoms with E-state index in [4.69, 9.17) is 0 Å². The van der Waals surface area contributed by atoms with Crippen LogP contribution in [0.3, 0.4) is 0 Å². The summed E-state index contributed by atoms with van der Waals surface area (Å²) in [4.78, 5) is 0. The Morgan fingerprint density at radius 2 is 1.84 bits per heavy atom. The third-order valence-electron chi connectivity index (χ3n) is 3.01. The summed E-state index contributed by atoms with van der Waals surface area (Å²) in [6.07, 6.45) is 0.235. The third-order valence-corrected chi connectivity index (χ3v) is 4.22. The molecule has 1 N–H and O–H groups in total. The van der Waals surface area contributed by atoms with Gasteiger partial charge in [-0.3, -0.25) is 0 Å². The lowest BCUT2D eigenvalue weighted by Crippen LogP contribution is -2.24. The molecule has 100 valence electrons. The van der Waals surface area contributed by atoms with E-state index < -0.39 is 5.60 Å². The summed E-state index contributed by atoms with van der Waals surface area (Å²) < 4.78 is 15.7. The van der Waals surface area contributed by atoms with Gasteiger partial charge in [0.15, 0.2) is 0 Å². The van der Waals surface area contributed by atoms with Crippen molar-refractivity contribution in [3.63, 3.8) is 0 Å². The van der Waals surface area contributed by atoms with E-state index in [-0.39, 0.29) is 12.2 Å². The molecule has 0 heterocycles. The summed E-state index contributed by atoms with van der Waals surface area (Å²) in [7, 11) is 0. The highest BCUT2D eigenvalue weighted by molar-refractivity contribution is 14.1. The molecule has 0 amide bonds. The first-order valence-corrected chi connectivity index (χ1v) is 7.68. The van der Waals surface area contributed by atoms with Gasteiger partial charge in [0.1, 0.15) is 5.82 Å². The molecule has 0 aliphatic rings. The van der Waals surface area contributed by atoms with Gasteiger partial charge in [-0.1, -0.05) is 28.1 Å². The van der Waals surface area contributed by atoms with Crippen molar-refractivity contribution in [2.24, 2.45) is 0 Å². The highest BCUT2D eigenvalue weighted by Crippen LogP contribution is 2.28. The smallest absolute Gasteiger partial charge is 0.126 e. The van der Waals surface area contributed by atoms with Crippen LogP contribution in [0.5, 0.6) is 0 Å². The van der Waals surface area contributed by atoms with Crippen LogP contribution in [0.15, 0.2) is 46.9 Å². The second-order valence-corrected chi connectivity index (χ2v) is 6.85. The second-order valence-electron chi connectivity index (χ2n) is 4.69. The van der Waals surface area contributed by atoms with Crippen LogP contribution < -0.4 is 0 Å². The molecule has 2 rings (SSSR count). The van der Waals surface area contributed by atoms with Crippen molar-refractivity contribution in [2.45, 2.75) is 18.9 Å². The Morgan fingerprint density at radius 3 is 2.47 bits per heavy atom. The zero-order valence-electron chi connectivity index (χ0n) is 10.3. The van der Waals surface area contributed by atoms with Crippen molar-refractivity contribution in [3.05, 3.63) is 67.5 Å². The molecule has 0 radical (unpaired) electrons. The van der Waals surface area contributed by atoms with Crippen molar-refractivity contribution >= 4 is 38.5 Å². The minimum atomic E-state index is -1.09. The molecule has 2 aromatic rings. The number of benzene rings is 2. The molecule has 2 aromatic carbocycles. The molecule has 1 atom stereocenters. The fourth-order valence-corrected chi connectivity index (χ4v) is 2.73. The van der Waals surface area contributed by atoms with E-state index in [2.05, 4.69) is 38.5 Å². The fourth-order valence-electron chi connectivity index (χ4n) is 1.96. The van der Waals surface area contributed by atoms with Gasteiger partial charge in [-0.25, -0.2) is 4.39 Å². The van der Waals surface area contributed by atoms with Gasteiger partial charge in [0.05, 0.1) is 5.60 Å². The summed E-state index contributed by atoms with van der Waals surface area (Å²) in [5, 5.41) is 10.6. The number of halogens is 3.